The first kappa shape index (κ1) is 17.6. The molecule has 0 saturated heterocycles. The van der Waals surface area contributed by atoms with Crippen LogP contribution in [0.1, 0.15) is 5.56 Å². The predicted octanol–water partition coefficient (Wildman–Crippen LogP) is 2.02. The Morgan fingerprint density at radius 2 is 1.58 bits per heavy atom. The van der Waals surface area contributed by atoms with Crippen molar-refractivity contribution in [3.8, 4) is 17.2 Å². The fraction of sp³-hybridized carbons (Fsp3) is 0.188. The summed E-state index contributed by atoms with van der Waals surface area (Å²) >= 11 is 0. The van der Waals surface area contributed by atoms with E-state index in [0.29, 0.717) is 22.8 Å². The number of rotatable bonds is 7. The zero-order valence-electron chi connectivity index (χ0n) is 13.5. The SMILES string of the molecule is COc1ccc(/C=N/NS(=O)(=O)c2ccccc2)c(OC)c1OC. The van der Waals surface area contributed by atoms with Crippen molar-refractivity contribution >= 4 is 16.2 Å². The molecule has 0 amide bonds. The summed E-state index contributed by atoms with van der Waals surface area (Å²) in [5.41, 5.74) is 0.533. The lowest BCUT2D eigenvalue weighted by Crippen LogP contribution is -2.18. The zero-order valence-corrected chi connectivity index (χ0v) is 14.3. The number of methoxy groups -OCH3 is 3. The van der Waals surface area contributed by atoms with Gasteiger partial charge >= 0.3 is 0 Å². The monoisotopic (exact) mass is 350 g/mol. The molecule has 0 atom stereocenters. The maximum Gasteiger partial charge on any atom is 0.276 e. The number of hydrogen-bond acceptors (Lipinski definition) is 6. The summed E-state index contributed by atoms with van der Waals surface area (Å²) in [7, 11) is 0.750. The second kappa shape index (κ2) is 7.69. The van der Waals surface area contributed by atoms with Crippen LogP contribution < -0.4 is 19.0 Å². The molecule has 0 heterocycles. The Balaban J connectivity index is 2.27. The zero-order chi connectivity index (χ0) is 17.6. The lowest BCUT2D eigenvalue weighted by atomic mass is 10.2. The van der Waals surface area contributed by atoms with Gasteiger partial charge in [0.2, 0.25) is 5.75 Å². The van der Waals surface area contributed by atoms with Crippen molar-refractivity contribution in [1.29, 1.82) is 0 Å². The lowest BCUT2D eigenvalue weighted by molar-refractivity contribution is 0.324. The Morgan fingerprint density at radius 1 is 0.917 bits per heavy atom. The van der Waals surface area contributed by atoms with Gasteiger partial charge in [0, 0.05) is 5.56 Å². The minimum Gasteiger partial charge on any atom is -0.493 e. The van der Waals surface area contributed by atoms with Crippen molar-refractivity contribution < 1.29 is 22.6 Å². The fourth-order valence-electron chi connectivity index (χ4n) is 2.04. The van der Waals surface area contributed by atoms with Gasteiger partial charge in [-0.1, -0.05) is 18.2 Å². The number of sulfonamides is 1. The molecule has 0 aliphatic heterocycles. The highest BCUT2D eigenvalue weighted by atomic mass is 32.2. The van der Waals surface area contributed by atoms with E-state index in [-0.39, 0.29) is 4.90 Å². The molecule has 0 aliphatic carbocycles. The third kappa shape index (κ3) is 3.77. The van der Waals surface area contributed by atoms with Gasteiger partial charge in [-0.05, 0) is 24.3 Å². The van der Waals surface area contributed by atoms with Crippen LogP contribution in [0.4, 0.5) is 0 Å². The summed E-state index contributed by atoms with van der Waals surface area (Å²) in [5, 5.41) is 3.79. The molecule has 2 aromatic carbocycles. The van der Waals surface area contributed by atoms with Crippen LogP contribution in [0.3, 0.4) is 0 Å². The van der Waals surface area contributed by atoms with Crippen LogP contribution in [0.5, 0.6) is 17.2 Å². The predicted molar refractivity (Wildman–Crippen MR) is 90.5 cm³/mol. The number of benzene rings is 2. The van der Waals surface area contributed by atoms with E-state index in [9.17, 15) is 8.42 Å². The minimum atomic E-state index is -3.72. The van der Waals surface area contributed by atoms with E-state index in [1.807, 2.05) is 0 Å². The number of ether oxygens (including phenoxy) is 3. The van der Waals surface area contributed by atoms with Crippen molar-refractivity contribution in [1.82, 2.24) is 4.83 Å². The Labute approximate surface area is 140 Å². The lowest BCUT2D eigenvalue weighted by Gasteiger charge is -2.13. The highest BCUT2D eigenvalue weighted by Gasteiger charge is 2.15. The molecule has 7 nitrogen and oxygen atoms in total. The molecule has 0 aliphatic rings. The first-order chi connectivity index (χ1) is 11.5. The second-order valence-corrected chi connectivity index (χ2v) is 6.25. The van der Waals surface area contributed by atoms with E-state index < -0.39 is 10.0 Å². The summed E-state index contributed by atoms with van der Waals surface area (Å²) in [5.74, 6) is 1.28. The molecule has 0 bridgehead atoms. The van der Waals surface area contributed by atoms with Crippen LogP contribution in [0.15, 0.2) is 52.5 Å². The highest BCUT2D eigenvalue weighted by Crippen LogP contribution is 2.38. The maximum atomic E-state index is 12.1. The van der Waals surface area contributed by atoms with Crippen LogP contribution in [-0.2, 0) is 10.0 Å². The van der Waals surface area contributed by atoms with Gasteiger partial charge < -0.3 is 14.2 Å². The molecule has 128 valence electrons. The minimum absolute atomic E-state index is 0.126. The Morgan fingerprint density at radius 3 is 2.17 bits per heavy atom. The molecule has 0 saturated carbocycles. The standard InChI is InChI=1S/C16H18N2O5S/c1-21-14-10-9-12(15(22-2)16(14)23-3)11-17-18-24(19,20)13-7-5-4-6-8-13/h4-11,18H,1-3H3/b17-11+. The van der Waals surface area contributed by atoms with Gasteiger partial charge in [-0.2, -0.15) is 13.5 Å². The van der Waals surface area contributed by atoms with Crippen molar-refractivity contribution in [2.75, 3.05) is 21.3 Å². The van der Waals surface area contributed by atoms with Gasteiger partial charge in [0.15, 0.2) is 11.5 Å². The average molecular weight is 350 g/mol. The van der Waals surface area contributed by atoms with E-state index in [0.717, 1.165) is 0 Å². The third-order valence-electron chi connectivity index (χ3n) is 3.16. The van der Waals surface area contributed by atoms with Crippen LogP contribution in [0.2, 0.25) is 0 Å². The summed E-state index contributed by atoms with van der Waals surface area (Å²) in [6.45, 7) is 0. The first-order valence-electron chi connectivity index (χ1n) is 6.92. The van der Waals surface area contributed by atoms with Gasteiger partial charge in [-0.25, -0.2) is 4.83 Å². The number of nitrogens with zero attached hydrogens (tertiary/aromatic N) is 1. The van der Waals surface area contributed by atoms with E-state index in [1.54, 1.807) is 30.3 Å². The van der Waals surface area contributed by atoms with Gasteiger partial charge in [0.05, 0.1) is 32.4 Å². The van der Waals surface area contributed by atoms with Gasteiger partial charge in [0.1, 0.15) is 0 Å². The summed E-state index contributed by atoms with van der Waals surface area (Å²) in [4.78, 5) is 2.28. The Kier molecular flexibility index (Phi) is 5.64. The number of nitrogens with one attached hydrogen (secondary N) is 1. The molecule has 0 unspecified atom stereocenters. The van der Waals surface area contributed by atoms with Crippen LogP contribution in [0.25, 0.3) is 0 Å². The van der Waals surface area contributed by atoms with Crippen molar-refractivity contribution in [2.24, 2.45) is 5.10 Å². The van der Waals surface area contributed by atoms with Gasteiger partial charge in [-0.15, -0.1) is 0 Å². The van der Waals surface area contributed by atoms with E-state index in [4.69, 9.17) is 14.2 Å². The normalized spacial score (nSPS) is 11.3. The largest absolute Gasteiger partial charge is 0.493 e. The van der Waals surface area contributed by atoms with Crippen LogP contribution in [0, 0.1) is 0 Å². The topological polar surface area (TPSA) is 86.2 Å². The van der Waals surface area contributed by atoms with Crippen molar-refractivity contribution in [3.05, 3.63) is 48.0 Å². The summed E-state index contributed by atoms with van der Waals surface area (Å²) < 4.78 is 40.0. The van der Waals surface area contributed by atoms with Crippen LogP contribution >= 0.6 is 0 Å². The molecule has 2 aromatic rings. The molecule has 1 N–H and O–H groups in total. The highest BCUT2D eigenvalue weighted by molar-refractivity contribution is 7.89. The van der Waals surface area contributed by atoms with E-state index >= 15 is 0 Å². The molecular formula is C16H18N2O5S. The summed E-state index contributed by atoms with van der Waals surface area (Å²) in [6, 6.07) is 11.3. The number of hydrogen-bond donors (Lipinski definition) is 1. The molecule has 0 fully saturated rings. The number of hydrazone groups is 1. The second-order valence-electron chi connectivity index (χ2n) is 4.59. The smallest absolute Gasteiger partial charge is 0.276 e. The van der Waals surface area contributed by atoms with Crippen LogP contribution in [-0.4, -0.2) is 36.0 Å². The molecule has 0 radical (unpaired) electrons. The van der Waals surface area contributed by atoms with E-state index in [1.165, 1.54) is 39.7 Å². The Bertz CT molecular complexity index is 820. The molecule has 0 spiro atoms. The fourth-order valence-corrected chi connectivity index (χ4v) is 2.86. The quantitative estimate of drug-likeness (QED) is 0.610. The summed E-state index contributed by atoms with van der Waals surface area (Å²) in [6.07, 6.45) is 1.33. The van der Waals surface area contributed by atoms with Gasteiger partial charge in [0.25, 0.3) is 10.0 Å². The molecule has 24 heavy (non-hydrogen) atoms. The van der Waals surface area contributed by atoms with Gasteiger partial charge in [-0.3, -0.25) is 0 Å². The third-order valence-corrected chi connectivity index (χ3v) is 4.40. The van der Waals surface area contributed by atoms with Crippen molar-refractivity contribution in [2.45, 2.75) is 4.90 Å². The first-order valence-corrected chi connectivity index (χ1v) is 8.40. The maximum absolute atomic E-state index is 12.1. The van der Waals surface area contributed by atoms with E-state index in [2.05, 4.69) is 9.93 Å². The van der Waals surface area contributed by atoms with Crippen molar-refractivity contribution in [3.63, 3.8) is 0 Å². The molecule has 0 aromatic heterocycles. The molecule has 2 rings (SSSR count). The molecular weight excluding hydrogens is 332 g/mol. The average Bonchev–Trinajstić information content (AvgIpc) is 2.61. The Hall–Kier alpha value is -2.74. The molecule has 8 heteroatoms.